The number of nitrogens with one attached hydrogen (secondary N) is 1. The van der Waals surface area contributed by atoms with Gasteiger partial charge in [0.1, 0.15) is 12.3 Å². The van der Waals surface area contributed by atoms with E-state index in [1.54, 1.807) is 30.3 Å². The van der Waals surface area contributed by atoms with Gasteiger partial charge in [0.25, 0.3) is 15.9 Å². The number of methoxy groups -OCH3 is 1. The number of nitrogens with zero attached hydrogens (tertiary/aromatic N) is 2. The van der Waals surface area contributed by atoms with E-state index in [0.29, 0.717) is 21.7 Å². The maximum Gasteiger partial charge on any atom is 0.417 e. The number of alkyl halides is 3. The average molecular weight is 584 g/mol. The summed E-state index contributed by atoms with van der Waals surface area (Å²) in [6.07, 6.45) is -3.61. The molecule has 1 N–H and O–H groups in total. The van der Waals surface area contributed by atoms with Gasteiger partial charge in [0, 0.05) is 0 Å². The normalized spacial score (nSPS) is 11.7. The summed E-state index contributed by atoms with van der Waals surface area (Å²) < 4.78 is 77.2. The second kappa shape index (κ2) is 12.6. The van der Waals surface area contributed by atoms with Crippen molar-refractivity contribution in [3.05, 3.63) is 88.9 Å². The molecule has 0 aliphatic heterocycles. The fourth-order valence-electron chi connectivity index (χ4n) is 3.12. The molecule has 0 aliphatic rings. The molecule has 9 nitrogen and oxygen atoms in total. The number of hydrogen-bond acceptors (Lipinski definition) is 7. The Morgan fingerprint density at radius 1 is 1.05 bits per heavy atom. The van der Waals surface area contributed by atoms with Crippen LogP contribution in [0.25, 0.3) is 0 Å². The van der Waals surface area contributed by atoms with Gasteiger partial charge in [0.05, 0.1) is 34.5 Å². The van der Waals surface area contributed by atoms with Crippen LogP contribution in [0.1, 0.15) is 11.1 Å². The minimum absolute atomic E-state index is 0.237. The summed E-state index contributed by atoms with van der Waals surface area (Å²) in [6, 6.07) is 15.7. The minimum Gasteiger partial charge on any atom is -0.482 e. The van der Waals surface area contributed by atoms with E-state index >= 15 is 0 Å². The number of sulfonamides is 1. The number of esters is 1. The van der Waals surface area contributed by atoms with E-state index < -0.39 is 50.9 Å². The topological polar surface area (TPSA) is 114 Å². The zero-order chi connectivity index (χ0) is 28.6. The molecular weight excluding hydrogens is 563 g/mol. The van der Waals surface area contributed by atoms with Crippen LogP contribution >= 0.6 is 11.6 Å². The molecule has 0 fully saturated rings. The van der Waals surface area contributed by atoms with Crippen molar-refractivity contribution in [2.45, 2.75) is 11.1 Å². The average Bonchev–Trinajstić information content (AvgIpc) is 2.91. The first-order valence-corrected chi connectivity index (χ1v) is 12.8. The third-order valence-electron chi connectivity index (χ3n) is 5.03. The van der Waals surface area contributed by atoms with E-state index in [2.05, 4.69) is 15.3 Å². The van der Waals surface area contributed by atoms with Crippen LogP contribution in [0, 0.1) is 0 Å². The summed E-state index contributed by atoms with van der Waals surface area (Å²) >= 11 is 5.68. The molecule has 39 heavy (non-hydrogen) atoms. The van der Waals surface area contributed by atoms with Crippen molar-refractivity contribution in [1.82, 2.24) is 5.43 Å². The molecule has 3 aromatic carbocycles. The maximum atomic E-state index is 13.4. The lowest BCUT2D eigenvalue weighted by atomic mass is 10.2. The molecule has 0 aromatic heterocycles. The molecule has 0 atom stereocenters. The van der Waals surface area contributed by atoms with Gasteiger partial charge in [-0.1, -0.05) is 29.8 Å². The molecule has 3 aromatic rings. The lowest BCUT2D eigenvalue weighted by Crippen LogP contribution is -2.39. The number of hydrogen-bond donors (Lipinski definition) is 1. The Morgan fingerprint density at radius 2 is 1.72 bits per heavy atom. The zero-order valence-corrected chi connectivity index (χ0v) is 21.8. The number of benzene rings is 3. The Kier molecular flexibility index (Phi) is 9.54. The highest BCUT2D eigenvalue weighted by Gasteiger charge is 2.35. The molecule has 1 amide bonds. The van der Waals surface area contributed by atoms with Crippen LogP contribution in [-0.4, -0.2) is 46.8 Å². The first-order chi connectivity index (χ1) is 18.4. The number of hydrazone groups is 1. The molecule has 0 bridgehead atoms. The summed E-state index contributed by atoms with van der Waals surface area (Å²) in [5.41, 5.74) is 0.997. The number of amides is 1. The molecule has 0 heterocycles. The minimum atomic E-state index is -4.86. The van der Waals surface area contributed by atoms with Crippen molar-refractivity contribution in [1.29, 1.82) is 0 Å². The van der Waals surface area contributed by atoms with E-state index in [-0.39, 0.29) is 11.5 Å². The van der Waals surface area contributed by atoms with E-state index in [9.17, 15) is 31.2 Å². The number of carbonyl (C=O) groups excluding carboxylic acids is 2. The number of halogens is 4. The summed E-state index contributed by atoms with van der Waals surface area (Å²) in [5, 5.41) is 3.14. The predicted molar refractivity (Wildman–Crippen MR) is 137 cm³/mol. The second-order valence-electron chi connectivity index (χ2n) is 7.71. The molecule has 0 unspecified atom stereocenters. The third kappa shape index (κ3) is 7.94. The van der Waals surface area contributed by atoms with Gasteiger partial charge in [0.15, 0.2) is 6.61 Å². The first-order valence-electron chi connectivity index (χ1n) is 11.0. The highest BCUT2D eigenvalue weighted by atomic mass is 35.5. The van der Waals surface area contributed by atoms with Crippen LogP contribution < -0.4 is 14.5 Å². The van der Waals surface area contributed by atoms with Crippen molar-refractivity contribution >= 4 is 45.4 Å². The lowest BCUT2D eigenvalue weighted by Gasteiger charge is -2.24. The van der Waals surface area contributed by atoms with Crippen molar-refractivity contribution in [3.63, 3.8) is 0 Å². The van der Waals surface area contributed by atoms with E-state index in [0.717, 1.165) is 12.1 Å². The van der Waals surface area contributed by atoms with Gasteiger partial charge in [-0.05, 0) is 60.2 Å². The van der Waals surface area contributed by atoms with Gasteiger partial charge >= 0.3 is 12.1 Å². The molecule has 3 rings (SSSR count). The largest absolute Gasteiger partial charge is 0.482 e. The summed E-state index contributed by atoms with van der Waals surface area (Å²) in [7, 11) is -3.23. The molecule has 0 spiro atoms. The number of carbonyl (C=O) groups is 2. The smallest absolute Gasteiger partial charge is 0.417 e. The van der Waals surface area contributed by atoms with Gasteiger partial charge in [-0.25, -0.2) is 18.6 Å². The Morgan fingerprint density at radius 3 is 2.33 bits per heavy atom. The fourth-order valence-corrected chi connectivity index (χ4v) is 4.77. The molecular formula is C25H21ClF3N3O6S. The Balaban J connectivity index is 1.80. The van der Waals surface area contributed by atoms with Crippen LogP contribution in [0.15, 0.2) is 82.8 Å². The Labute approximate surface area is 226 Å². The number of ether oxygens (including phenoxy) is 2. The molecule has 14 heteroatoms. The van der Waals surface area contributed by atoms with E-state index in [1.165, 1.54) is 37.6 Å². The highest BCUT2D eigenvalue weighted by molar-refractivity contribution is 7.92. The van der Waals surface area contributed by atoms with Crippen LogP contribution in [0.2, 0.25) is 5.02 Å². The maximum absolute atomic E-state index is 13.4. The van der Waals surface area contributed by atoms with Gasteiger partial charge in [0.2, 0.25) is 0 Å². The molecule has 206 valence electrons. The number of anilines is 1. The third-order valence-corrected chi connectivity index (χ3v) is 7.15. The zero-order valence-electron chi connectivity index (χ0n) is 20.2. The van der Waals surface area contributed by atoms with E-state index in [4.69, 9.17) is 16.3 Å². The van der Waals surface area contributed by atoms with Crippen molar-refractivity contribution in [3.8, 4) is 5.75 Å². The molecule has 0 radical (unpaired) electrons. The van der Waals surface area contributed by atoms with Crippen LogP contribution in [0.4, 0.5) is 18.9 Å². The van der Waals surface area contributed by atoms with Gasteiger partial charge in [-0.3, -0.25) is 9.10 Å². The van der Waals surface area contributed by atoms with Crippen molar-refractivity contribution in [2.24, 2.45) is 5.10 Å². The van der Waals surface area contributed by atoms with Crippen molar-refractivity contribution < 1.29 is 40.7 Å². The second-order valence-corrected chi connectivity index (χ2v) is 9.98. The van der Waals surface area contributed by atoms with Gasteiger partial charge < -0.3 is 9.47 Å². The summed E-state index contributed by atoms with van der Waals surface area (Å²) in [6.45, 7) is -1.16. The SMILES string of the molecule is COC(=O)COc1ccc(C=NNC(=O)CN(c2ccc(Cl)c(C(F)(F)F)c2)S(=O)(=O)c2ccccc2)cc1. The molecule has 0 saturated heterocycles. The standard InChI is InChI=1S/C25H21ClF3N3O6S/c1-37-24(34)16-38-19-10-7-17(8-11-19)14-30-31-23(33)15-32(39(35,36)20-5-3-2-4-6-20)18-9-12-22(26)21(13-18)25(27,28)29/h2-14H,15-16H2,1H3,(H,31,33). The Hall–Kier alpha value is -4.10. The lowest BCUT2D eigenvalue weighted by molar-refractivity contribution is -0.143. The summed E-state index contributed by atoms with van der Waals surface area (Å²) in [5.74, 6) is -1.10. The highest BCUT2D eigenvalue weighted by Crippen LogP contribution is 2.38. The van der Waals surface area contributed by atoms with Crippen LogP contribution in [0.3, 0.4) is 0 Å². The predicted octanol–water partition coefficient (Wildman–Crippen LogP) is 4.26. The Bertz CT molecular complexity index is 1450. The molecule has 0 aliphatic carbocycles. The number of rotatable bonds is 10. The summed E-state index contributed by atoms with van der Waals surface area (Å²) in [4.78, 5) is 23.5. The van der Waals surface area contributed by atoms with Crippen molar-refractivity contribution in [2.75, 3.05) is 24.6 Å². The molecule has 0 saturated carbocycles. The van der Waals surface area contributed by atoms with Crippen LogP contribution in [-0.2, 0) is 30.5 Å². The first kappa shape index (κ1) is 29.5. The quantitative estimate of drug-likeness (QED) is 0.217. The monoisotopic (exact) mass is 583 g/mol. The van der Waals surface area contributed by atoms with Gasteiger partial charge in [-0.15, -0.1) is 0 Å². The fraction of sp³-hybridized carbons (Fsp3) is 0.160. The van der Waals surface area contributed by atoms with Crippen LogP contribution in [0.5, 0.6) is 5.75 Å². The van der Waals surface area contributed by atoms with E-state index in [1.807, 2.05) is 0 Å². The van der Waals surface area contributed by atoms with Gasteiger partial charge in [-0.2, -0.15) is 18.3 Å².